The number of aliphatic hydroxyl groups is 1. The van der Waals surface area contributed by atoms with Crippen LogP contribution in [0.1, 0.15) is 21.5 Å². The van der Waals surface area contributed by atoms with E-state index in [-0.39, 0.29) is 24.6 Å². The van der Waals surface area contributed by atoms with Gasteiger partial charge in [-0.2, -0.15) is 0 Å². The number of benzene rings is 2. The molecule has 0 unspecified atom stereocenters. The predicted molar refractivity (Wildman–Crippen MR) is 84.2 cm³/mol. The van der Waals surface area contributed by atoms with Crippen LogP contribution in [0, 0.1) is 5.82 Å². The monoisotopic (exact) mass is 313 g/mol. The normalized spacial score (nSPS) is 10.9. The second-order valence-electron chi connectivity index (χ2n) is 5.33. The van der Waals surface area contributed by atoms with E-state index in [0.29, 0.717) is 5.56 Å². The molecule has 0 saturated heterocycles. The van der Waals surface area contributed by atoms with Gasteiger partial charge in [-0.05, 0) is 35.9 Å². The lowest BCUT2D eigenvalue weighted by molar-refractivity contribution is 0.0951. The topological polar surface area (TPSA) is 67.2 Å². The quantitative estimate of drug-likeness (QED) is 0.775. The molecule has 23 heavy (non-hydrogen) atoms. The smallest absolute Gasteiger partial charge is 0.251 e. The molecule has 0 aliphatic heterocycles. The minimum atomic E-state index is -0.455. The molecule has 0 aliphatic carbocycles. The molecule has 1 amide bonds. The molecule has 0 atom stereocenters. The van der Waals surface area contributed by atoms with Crippen molar-refractivity contribution in [1.29, 1.82) is 0 Å². The van der Waals surface area contributed by atoms with Gasteiger partial charge < -0.3 is 15.0 Å². The van der Waals surface area contributed by atoms with E-state index >= 15 is 0 Å². The van der Waals surface area contributed by atoms with Crippen molar-refractivity contribution in [2.24, 2.45) is 7.05 Å². The summed E-state index contributed by atoms with van der Waals surface area (Å²) < 4.78 is 15.2. The van der Waals surface area contributed by atoms with Crippen LogP contribution in [0.5, 0.6) is 0 Å². The van der Waals surface area contributed by atoms with Gasteiger partial charge in [-0.1, -0.05) is 6.07 Å². The molecule has 3 rings (SSSR count). The summed E-state index contributed by atoms with van der Waals surface area (Å²) >= 11 is 0. The van der Waals surface area contributed by atoms with E-state index in [4.69, 9.17) is 5.11 Å². The number of aromatic nitrogens is 2. The van der Waals surface area contributed by atoms with Crippen LogP contribution in [0.4, 0.5) is 4.39 Å². The Hall–Kier alpha value is -2.73. The van der Waals surface area contributed by atoms with Gasteiger partial charge in [0.15, 0.2) is 0 Å². The van der Waals surface area contributed by atoms with E-state index in [2.05, 4.69) is 10.3 Å². The van der Waals surface area contributed by atoms with Crippen LogP contribution in [0.3, 0.4) is 0 Å². The Morgan fingerprint density at radius 1 is 1.30 bits per heavy atom. The van der Waals surface area contributed by atoms with Crippen molar-refractivity contribution in [1.82, 2.24) is 14.9 Å². The molecule has 0 saturated carbocycles. The highest BCUT2D eigenvalue weighted by molar-refractivity contribution is 5.97. The number of nitrogens with one attached hydrogen (secondary N) is 1. The van der Waals surface area contributed by atoms with Crippen molar-refractivity contribution in [3.63, 3.8) is 0 Å². The van der Waals surface area contributed by atoms with Gasteiger partial charge in [-0.25, -0.2) is 9.37 Å². The van der Waals surface area contributed by atoms with Gasteiger partial charge in [0, 0.05) is 24.7 Å². The first-order valence-electron chi connectivity index (χ1n) is 7.16. The standard InChI is InChI=1S/C17H16FN3O2/c1-21-10-20-15-7-12(3-5-16(15)21)17(23)19-8-11-2-4-14(18)13(6-11)9-22/h2-7,10,22H,8-9H2,1H3,(H,19,23). The lowest BCUT2D eigenvalue weighted by Crippen LogP contribution is -2.22. The molecule has 1 aromatic heterocycles. The van der Waals surface area contributed by atoms with E-state index in [1.165, 1.54) is 12.1 Å². The molecule has 2 N–H and O–H groups in total. The van der Waals surface area contributed by atoms with Crippen LogP contribution in [0.15, 0.2) is 42.7 Å². The number of rotatable bonds is 4. The van der Waals surface area contributed by atoms with Crippen LogP contribution in [-0.4, -0.2) is 20.6 Å². The van der Waals surface area contributed by atoms with Crippen LogP contribution in [-0.2, 0) is 20.2 Å². The summed E-state index contributed by atoms with van der Waals surface area (Å²) in [6.45, 7) is -0.115. The first kappa shape index (κ1) is 15.2. The van der Waals surface area contributed by atoms with Crippen molar-refractivity contribution in [3.8, 4) is 0 Å². The van der Waals surface area contributed by atoms with Crippen LogP contribution in [0.2, 0.25) is 0 Å². The third-order valence-electron chi connectivity index (χ3n) is 3.72. The molecular weight excluding hydrogens is 297 g/mol. The number of aliphatic hydroxyl groups excluding tert-OH is 1. The van der Waals surface area contributed by atoms with Crippen molar-refractivity contribution in [2.45, 2.75) is 13.2 Å². The molecule has 5 nitrogen and oxygen atoms in total. The molecule has 0 radical (unpaired) electrons. The van der Waals surface area contributed by atoms with Gasteiger partial charge in [-0.15, -0.1) is 0 Å². The first-order chi connectivity index (χ1) is 11.1. The molecule has 3 aromatic rings. The Morgan fingerprint density at radius 2 is 2.13 bits per heavy atom. The average Bonchev–Trinajstić information content (AvgIpc) is 2.94. The van der Waals surface area contributed by atoms with Crippen LogP contribution >= 0.6 is 0 Å². The number of fused-ring (bicyclic) bond motifs is 1. The maximum atomic E-state index is 13.3. The van der Waals surface area contributed by atoms with Crippen molar-refractivity contribution >= 4 is 16.9 Å². The van der Waals surface area contributed by atoms with Crippen LogP contribution in [0.25, 0.3) is 11.0 Å². The number of hydrogen-bond acceptors (Lipinski definition) is 3. The van der Waals surface area contributed by atoms with E-state index in [1.807, 2.05) is 17.7 Å². The number of carbonyl (C=O) groups is 1. The van der Waals surface area contributed by atoms with E-state index in [9.17, 15) is 9.18 Å². The lowest BCUT2D eigenvalue weighted by atomic mass is 10.1. The fraction of sp³-hybridized carbons (Fsp3) is 0.176. The number of nitrogens with zero attached hydrogens (tertiary/aromatic N) is 2. The summed E-state index contributed by atoms with van der Waals surface area (Å²) in [7, 11) is 1.89. The van der Waals surface area contributed by atoms with Gasteiger partial charge in [-0.3, -0.25) is 4.79 Å². The maximum Gasteiger partial charge on any atom is 0.251 e. The molecular formula is C17H16FN3O2. The maximum absolute atomic E-state index is 13.3. The first-order valence-corrected chi connectivity index (χ1v) is 7.16. The molecule has 0 aliphatic rings. The van der Waals surface area contributed by atoms with Crippen molar-refractivity contribution in [3.05, 3.63) is 65.2 Å². The highest BCUT2D eigenvalue weighted by Gasteiger charge is 2.09. The van der Waals surface area contributed by atoms with Gasteiger partial charge in [0.2, 0.25) is 0 Å². The summed E-state index contributed by atoms with van der Waals surface area (Å²) in [6, 6.07) is 9.72. The largest absolute Gasteiger partial charge is 0.392 e. The number of imidazole rings is 1. The van der Waals surface area contributed by atoms with Crippen LogP contribution < -0.4 is 5.32 Å². The van der Waals surface area contributed by atoms with Gasteiger partial charge in [0.1, 0.15) is 5.82 Å². The number of carbonyl (C=O) groups excluding carboxylic acids is 1. The summed E-state index contributed by atoms with van der Waals surface area (Å²) in [6.07, 6.45) is 1.70. The molecule has 118 valence electrons. The summed E-state index contributed by atoms with van der Waals surface area (Å²) in [5.74, 6) is -0.685. The van der Waals surface area contributed by atoms with Gasteiger partial charge in [0.25, 0.3) is 5.91 Å². The molecule has 0 spiro atoms. The molecule has 6 heteroatoms. The summed E-state index contributed by atoms with van der Waals surface area (Å²) in [4.78, 5) is 16.4. The Balaban J connectivity index is 1.73. The third kappa shape index (κ3) is 3.07. The van der Waals surface area contributed by atoms with Crippen molar-refractivity contribution < 1.29 is 14.3 Å². The highest BCUT2D eigenvalue weighted by Crippen LogP contribution is 2.14. The minimum absolute atomic E-state index is 0.214. The zero-order valence-electron chi connectivity index (χ0n) is 12.6. The van der Waals surface area contributed by atoms with E-state index in [1.54, 1.807) is 24.5 Å². The SMILES string of the molecule is Cn1cnc2cc(C(=O)NCc3ccc(F)c(CO)c3)ccc21. The van der Waals surface area contributed by atoms with Gasteiger partial charge in [0.05, 0.1) is 24.0 Å². The Bertz CT molecular complexity index is 873. The Labute approximate surface area is 132 Å². The number of aryl methyl sites for hydroxylation is 1. The van der Waals surface area contributed by atoms with Gasteiger partial charge >= 0.3 is 0 Å². The number of halogens is 1. The second kappa shape index (κ2) is 6.18. The summed E-state index contributed by atoms with van der Waals surface area (Å²) in [5.41, 5.74) is 3.16. The molecule has 2 aromatic carbocycles. The highest BCUT2D eigenvalue weighted by atomic mass is 19.1. The van der Waals surface area contributed by atoms with E-state index < -0.39 is 5.82 Å². The molecule has 1 heterocycles. The fourth-order valence-corrected chi connectivity index (χ4v) is 2.42. The Kier molecular flexibility index (Phi) is 4.08. The zero-order chi connectivity index (χ0) is 16.4. The Morgan fingerprint density at radius 3 is 2.91 bits per heavy atom. The number of hydrogen-bond donors (Lipinski definition) is 2. The predicted octanol–water partition coefficient (Wildman–Crippen LogP) is 2.13. The van der Waals surface area contributed by atoms with Crippen molar-refractivity contribution in [2.75, 3.05) is 0 Å². The number of amides is 1. The van der Waals surface area contributed by atoms with E-state index in [0.717, 1.165) is 16.6 Å². The average molecular weight is 313 g/mol. The molecule has 0 fully saturated rings. The summed E-state index contributed by atoms with van der Waals surface area (Å²) in [5, 5.41) is 11.8. The fourth-order valence-electron chi connectivity index (χ4n) is 2.42. The minimum Gasteiger partial charge on any atom is -0.392 e. The third-order valence-corrected chi connectivity index (χ3v) is 3.72. The lowest BCUT2D eigenvalue weighted by Gasteiger charge is -2.07. The molecule has 0 bridgehead atoms. The second-order valence-corrected chi connectivity index (χ2v) is 5.33. The zero-order valence-corrected chi connectivity index (χ0v) is 12.6.